The van der Waals surface area contributed by atoms with Crippen molar-refractivity contribution in [3.8, 4) is 0 Å². The lowest BCUT2D eigenvalue weighted by atomic mass is 9.94. The third-order valence-corrected chi connectivity index (χ3v) is 1.32. The molecule has 0 unspecified atom stereocenters. The van der Waals surface area contributed by atoms with Crippen molar-refractivity contribution in [3.63, 3.8) is 0 Å². The second-order valence-corrected chi connectivity index (χ2v) is 3.80. The topological polar surface area (TPSA) is 49.7 Å². The molecule has 0 saturated carbocycles. The molecule has 0 aromatic heterocycles. The summed E-state index contributed by atoms with van der Waals surface area (Å²) in [6.45, 7) is 7.81. The molecule has 0 radical (unpaired) electrons. The average molecular weight is 160 g/mol. The molecule has 66 valence electrons. The van der Waals surface area contributed by atoms with Gasteiger partial charge in [-0.1, -0.05) is 13.8 Å². The third-order valence-electron chi connectivity index (χ3n) is 1.32. The summed E-state index contributed by atoms with van der Waals surface area (Å²) in [5, 5.41) is 17.1. The third kappa shape index (κ3) is 6.35. The maximum atomic E-state index is 8.53. The van der Waals surface area contributed by atoms with E-state index in [-0.39, 0.29) is 0 Å². The first-order valence-corrected chi connectivity index (χ1v) is 3.87. The molecule has 4 heteroatoms. The quantitative estimate of drug-likeness (QED) is 0.598. The second-order valence-electron chi connectivity index (χ2n) is 3.80. The molecule has 0 atom stereocenters. The summed E-state index contributed by atoms with van der Waals surface area (Å²) in [7, 11) is -1.66. The first-order chi connectivity index (χ1) is 4.83. The van der Waals surface area contributed by atoms with Crippen LogP contribution in [-0.2, 0) is 4.65 Å². The fourth-order valence-electron chi connectivity index (χ4n) is 1.32. The molecular formula is C7H17BO3. The minimum absolute atomic E-state index is 0.456. The van der Waals surface area contributed by atoms with E-state index in [4.69, 9.17) is 14.7 Å². The lowest BCUT2D eigenvalue weighted by Gasteiger charge is -2.27. The molecule has 0 fully saturated rings. The van der Waals surface area contributed by atoms with Crippen molar-refractivity contribution in [1.82, 2.24) is 0 Å². The molecule has 0 spiro atoms. The molecule has 0 rings (SSSR count). The zero-order chi connectivity index (χ0) is 9.07. The van der Waals surface area contributed by atoms with E-state index in [2.05, 4.69) is 13.8 Å². The minimum Gasteiger partial charge on any atom is -0.402 e. The van der Waals surface area contributed by atoms with Crippen molar-refractivity contribution in [2.75, 3.05) is 0 Å². The van der Waals surface area contributed by atoms with E-state index in [1.165, 1.54) is 0 Å². The molecule has 2 N–H and O–H groups in total. The summed E-state index contributed by atoms with van der Waals surface area (Å²) < 4.78 is 4.86. The standard InChI is InChI=1S/C7H17BO3/c1-6(2)5-7(3,4)11-8(9)10/h6,9-10H,5H2,1-4H3. The van der Waals surface area contributed by atoms with Crippen LogP contribution in [0, 0.1) is 5.92 Å². The summed E-state index contributed by atoms with van der Waals surface area (Å²) in [6, 6.07) is 0. The first kappa shape index (κ1) is 10.9. The maximum absolute atomic E-state index is 8.53. The predicted molar refractivity (Wildman–Crippen MR) is 44.8 cm³/mol. The van der Waals surface area contributed by atoms with Gasteiger partial charge in [-0.25, -0.2) is 0 Å². The van der Waals surface area contributed by atoms with E-state index in [0.29, 0.717) is 5.92 Å². The average Bonchev–Trinajstić information content (AvgIpc) is 1.53. The number of hydrogen-bond acceptors (Lipinski definition) is 3. The summed E-state index contributed by atoms with van der Waals surface area (Å²) in [6.07, 6.45) is 0.810. The van der Waals surface area contributed by atoms with Gasteiger partial charge in [-0.3, -0.25) is 0 Å². The van der Waals surface area contributed by atoms with Crippen LogP contribution >= 0.6 is 0 Å². The normalized spacial score (nSPS) is 12.3. The van der Waals surface area contributed by atoms with Gasteiger partial charge in [0.2, 0.25) is 0 Å². The van der Waals surface area contributed by atoms with E-state index in [9.17, 15) is 0 Å². The molecule has 11 heavy (non-hydrogen) atoms. The molecule has 0 aromatic rings. The van der Waals surface area contributed by atoms with Gasteiger partial charge in [0.1, 0.15) is 0 Å². The van der Waals surface area contributed by atoms with Gasteiger partial charge in [0.25, 0.3) is 0 Å². The molecule has 0 aliphatic heterocycles. The van der Waals surface area contributed by atoms with Gasteiger partial charge in [0, 0.05) is 0 Å². The van der Waals surface area contributed by atoms with Crippen molar-refractivity contribution in [3.05, 3.63) is 0 Å². The first-order valence-electron chi connectivity index (χ1n) is 3.87. The van der Waals surface area contributed by atoms with Crippen LogP contribution in [0.3, 0.4) is 0 Å². The van der Waals surface area contributed by atoms with Gasteiger partial charge in [-0.2, -0.15) is 0 Å². The highest BCUT2D eigenvalue weighted by Crippen LogP contribution is 2.19. The molecule has 0 amide bonds. The Labute approximate surface area is 68.6 Å². The molecule has 0 bridgehead atoms. The summed E-state index contributed by atoms with van der Waals surface area (Å²) in [5.41, 5.74) is -0.456. The van der Waals surface area contributed by atoms with E-state index in [1.54, 1.807) is 0 Å². The monoisotopic (exact) mass is 160 g/mol. The van der Waals surface area contributed by atoms with Crippen LogP contribution in [0.15, 0.2) is 0 Å². The van der Waals surface area contributed by atoms with Gasteiger partial charge in [0.05, 0.1) is 5.60 Å². The van der Waals surface area contributed by atoms with Crippen LogP contribution in [0.2, 0.25) is 0 Å². The minimum atomic E-state index is -1.66. The summed E-state index contributed by atoms with van der Waals surface area (Å²) in [4.78, 5) is 0. The Hall–Kier alpha value is -0.0551. The Morgan fingerprint density at radius 3 is 2.09 bits per heavy atom. The summed E-state index contributed by atoms with van der Waals surface area (Å²) >= 11 is 0. The van der Waals surface area contributed by atoms with E-state index < -0.39 is 12.9 Å². The highest BCUT2D eigenvalue weighted by molar-refractivity contribution is 6.32. The SMILES string of the molecule is CC(C)CC(C)(C)OB(O)O. The van der Waals surface area contributed by atoms with Crippen molar-refractivity contribution < 1.29 is 14.7 Å². The van der Waals surface area contributed by atoms with Crippen LogP contribution < -0.4 is 0 Å². The molecular weight excluding hydrogens is 143 g/mol. The van der Waals surface area contributed by atoms with E-state index in [0.717, 1.165) is 6.42 Å². The van der Waals surface area contributed by atoms with Gasteiger partial charge >= 0.3 is 7.32 Å². The Bertz CT molecular complexity index is 100. The van der Waals surface area contributed by atoms with Gasteiger partial charge in [-0.15, -0.1) is 0 Å². The van der Waals surface area contributed by atoms with Crippen molar-refractivity contribution >= 4 is 7.32 Å². The van der Waals surface area contributed by atoms with E-state index in [1.807, 2.05) is 13.8 Å². The van der Waals surface area contributed by atoms with Gasteiger partial charge in [-0.05, 0) is 26.2 Å². The largest absolute Gasteiger partial charge is 0.634 e. The number of rotatable bonds is 4. The molecule has 0 aliphatic rings. The van der Waals surface area contributed by atoms with Gasteiger partial charge < -0.3 is 14.7 Å². The van der Waals surface area contributed by atoms with Crippen LogP contribution in [0.1, 0.15) is 34.1 Å². The predicted octanol–water partition coefficient (Wildman–Crippen LogP) is 0.797. The zero-order valence-corrected chi connectivity index (χ0v) is 7.66. The Kier molecular flexibility index (Phi) is 4.07. The fraction of sp³-hybridized carbons (Fsp3) is 1.00. The van der Waals surface area contributed by atoms with Crippen LogP contribution in [0.5, 0.6) is 0 Å². The molecule has 0 heterocycles. The Morgan fingerprint density at radius 2 is 1.82 bits per heavy atom. The van der Waals surface area contributed by atoms with Crippen molar-refractivity contribution in [2.24, 2.45) is 5.92 Å². The molecule has 3 nitrogen and oxygen atoms in total. The lowest BCUT2D eigenvalue weighted by Crippen LogP contribution is -2.34. The summed E-state index contributed by atoms with van der Waals surface area (Å²) in [5.74, 6) is 0.490. The van der Waals surface area contributed by atoms with Crippen molar-refractivity contribution in [2.45, 2.75) is 39.7 Å². The molecule has 0 aromatic carbocycles. The lowest BCUT2D eigenvalue weighted by molar-refractivity contribution is 0.0331. The maximum Gasteiger partial charge on any atom is 0.634 e. The van der Waals surface area contributed by atoms with Gasteiger partial charge in [0.15, 0.2) is 0 Å². The number of hydrogen-bond donors (Lipinski definition) is 2. The second kappa shape index (κ2) is 4.09. The smallest absolute Gasteiger partial charge is 0.402 e. The Morgan fingerprint density at radius 1 is 1.36 bits per heavy atom. The molecule has 0 saturated heterocycles. The molecule has 0 aliphatic carbocycles. The van der Waals surface area contributed by atoms with Crippen molar-refractivity contribution in [1.29, 1.82) is 0 Å². The fourth-order valence-corrected chi connectivity index (χ4v) is 1.32. The highest BCUT2D eigenvalue weighted by atomic mass is 16.6. The van der Waals surface area contributed by atoms with Crippen LogP contribution in [-0.4, -0.2) is 23.0 Å². The van der Waals surface area contributed by atoms with E-state index >= 15 is 0 Å². The highest BCUT2D eigenvalue weighted by Gasteiger charge is 2.25. The Balaban J connectivity index is 3.79. The van der Waals surface area contributed by atoms with Crippen LogP contribution in [0.25, 0.3) is 0 Å². The zero-order valence-electron chi connectivity index (χ0n) is 7.66. The van der Waals surface area contributed by atoms with Crippen LogP contribution in [0.4, 0.5) is 0 Å².